The van der Waals surface area contributed by atoms with Crippen LogP contribution in [0.25, 0.3) is 11.5 Å². The van der Waals surface area contributed by atoms with E-state index < -0.39 is 32.7 Å². The second-order valence-corrected chi connectivity index (χ2v) is 19.7. The fourth-order valence-electron chi connectivity index (χ4n) is 7.09. The summed E-state index contributed by atoms with van der Waals surface area (Å²) >= 11 is 0. The van der Waals surface area contributed by atoms with Crippen LogP contribution in [0, 0.1) is 13.8 Å². The number of halogens is 2. The van der Waals surface area contributed by atoms with Crippen LogP contribution >= 0.6 is 0 Å². The number of aromatic nitrogens is 4. The first kappa shape index (κ1) is 48.2. The van der Waals surface area contributed by atoms with Crippen LogP contribution in [0.3, 0.4) is 0 Å². The molecule has 0 radical (unpaired) electrons. The van der Waals surface area contributed by atoms with Crippen molar-refractivity contribution in [2.24, 2.45) is 5.73 Å². The van der Waals surface area contributed by atoms with Crippen molar-refractivity contribution in [1.82, 2.24) is 38.6 Å². The van der Waals surface area contributed by atoms with Crippen molar-refractivity contribution in [3.05, 3.63) is 119 Å². The molecule has 21 heteroatoms. The maximum atomic E-state index is 13.7. The third-order valence-electron chi connectivity index (χ3n) is 11.3. The topological polar surface area (TPSA) is 196 Å². The first-order chi connectivity index (χ1) is 30.4. The first-order valence-corrected chi connectivity index (χ1v) is 23.5. The van der Waals surface area contributed by atoms with E-state index in [2.05, 4.69) is 30.0 Å². The third kappa shape index (κ3) is 11.5. The van der Waals surface area contributed by atoms with Gasteiger partial charge in [0.2, 0.25) is 5.89 Å². The van der Waals surface area contributed by atoms with Gasteiger partial charge in [0.1, 0.15) is 0 Å². The van der Waals surface area contributed by atoms with Crippen LogP contribution in [0.15, 0.2) is 89.6 Å². The van der Waals surface area contributed by atoms with E-state index in [-0.39, 0.29) is 43.4 Å². The highest BCUT2D eigenvalue weighted by molar-refractivity contribution is 7.90. The number of likely N-dealkylation sites (N-methyl/N-ethyl adjacent to an activating group) is 2. The number of aryl methyl sites for hydroxylation is 2. The quantitative estimate of drug-likeness (QED) is 0.151. The highest BCUT2D eigenvalue weighted by atomic mass is 32.2. The van der Waals surface area contributed by atoms with Gasteiger partial charge < -0.3 is 20.0 Å². The lowest BCUT2D eigenvalue weighted by Gasteiger charge is -2.39. The standard InChI is InChI=1S/C22H26F2N6O3S.C21H29N5O3S/c1-15-5-4-6-19(11-15)30(34(31,32)29-10-9-28(3)16(2)13-29)14-18-8-7-17(12-25-18)21-26-27-22(33-21)20(23)24;1-16-5-4-6-20(11-16)26(15-19-8-7-18(13-23-19)21(27)12-22)30(28,29)25-10-9-24(3)17(2)14-25/h4-8,11-12,16,20H,9-10,13-14H2,1-3H3;4-8,11,13,17H,9-10,12,14-15,22H2,1-3H3/t16-;17-/m00/s1. The number of ketones is 1. The van der Waals surface area contributed by atoms with Crippen molar-refractivity contribution >= 4 is 37.6 Å². The molecule has 2 N–H and O–H groups in total. The van der Waals surface area contributed by atoms with E-state index in [1.807, 2.05) is 78.2 Å². The van der Waals surface area contributed by atoms with E-state index in [1.165, 1.54) is 29.6 Å². The Kier molecular flexibility index (Phi) is 15.6. The number of Topliss-reactive ketones (excluding diaryl/α,β-unsaturated/α-hetero) is 1. The van der Waals surface area contributed by atoms with Crippen molar-refractivity contribution in [3.63, 3.8) is 0 Å². The number of pyridine rings is 2. The Labute approximate surface area is 373 Å². The van der Waals surface area contributed by atoms with Crippen LogP contribution < -0.4 is 14.3 Å². The number of carbonyl (C=O) groups is 1. The summed E-state index contributed by atoms with van der Waals surface area (Å²) in [5.74, 6) is -1.05. The molecule has 0 aliphatic carbocycles. The summed E-state index contributed by atoms with van der Waals surface area (Å²) in [6, 6.07) is 21.4. The van der Waals surface area contributed by atoms with Gasteiger partial charge in [0.05, 0.1) is 48.0 Å². The Bertz CT molecular complexity index is 2590. The second kappa shape index (κ2) is 20.7. The number of benzene rings is 2. The normalized spacial score (nSPS) is 18.1. The highest BCUT2D eigenvalue weighted by Crippen LogP contribution is 2.28. The van der Waals surface area contributed by atoms with Gasteiger partial charge in [-0.25, -0.2) is 0 Å². The molecule has 3 aromatic heterocycles. The molecular formula is C43H55F2N11O6S2. The predicted molar refractivity (Wildman–Crippen MR) is 240 cm³/mol. The molecule has 0 unspecified atom stereocenters. The van der Waals surface area contributed by atoms with Gasteiger partial charge in [-0.05, 0) is 101 Å². The minimum atomic E-state index is -3.84. The fourth-order valence-corrected chi connectivity index (χ4v) is 10.4. The Hall–Kier alpha value is -5.29. The molecular weight excluding hydrogens is 869 g/mol. The smallest absolute Gasteiger partial charge is 0.314 e. The minimum Gasteiger partial charge on any atom is -0.415 e. The molecule has 5 aromatic rings. The van der Waals surface area contributed by atoms with Crippen LogP contribution in [0.2, 0.25) is 0 Å². The van der Waals surface area contributed by atoms with Gasteiger partial charge in [-0.2, -0.15) is 34.2 Å². The van der Waals surface area contributed by atoms with E-state index in [4.69, 9.17) is 10.2 Å². The zero-order valence-corrected chi connectivity index (χ0v) is 38.4. The molecule has 2 aromatic carbocycles. The molecule has 0 saturated carbocycles. The number of piperazine rings is 2. The zero-order chi connectivity index (χ0) is 46.3. The van der Waals surface area contributed by atoms with Crippen LogP contribution in [0.1, 0.15) is 59.0 Å². The maximum absolute atomic E-state index is 13.7. The van der Waals surface area contributed by atoms with Gasteiger partial charge in [-0.15, -0.1) is 10.2 Å². The van der Waals surface area contributed by atoms with Crippen LogP contribution in [-0.2, 0) is 33.5 Å². The molecule has 2 aliphatic rings. The van der Waals surface area contributed by atoms with Crippen molar-refractivity contribution in [1.29, 1.82) is 0 Å². The summed E-state index contributed by atoms with van der Waals surface area (Å²) in [6.07, 6.45) is -0.0144. The number of anilines is 2. The Morgan fingerprint density at radius 1 is 0.750 bits per heavy atom. The predicted octanol–water partition coefficient (Wildman–Crippen LogP) is 4.68. The lowest BCUT2D eigenvalue weighted by Crippen LogP contribution is -2.55. The van der Waals surface area contributed by atoms with Crippen molar-refractivity contribution < 1.29 is 34.8 Å². The average Bonchev–Trinajstić information content (AvgIpc) is 3.78. The lowest BCUT2D eigenvalue weighted by atomic mass is 10.2. The summed E-state index contributed by atoms with van der Waals surface area (Å²) in [5.41, 5.74) is 10.2. The van der Waals surface area contributed by atoms with Crippen molar-refractivity contribution in [3.8, 4) is 11.5 Å². The molecule has 2 atom stereocenters. The Morgan fingerprint density at radius 2 is 1.25 bits per heavy atom. The number of hydrogen-bond donors (Lipinski definition) is 1. The summed E-state index contributed by atoms with van der Waals surface area (Å²) in [5, 5.41) is 6.93. The monoisotopic (exact) mass is 923 g/mol. The minimum absolute atomic E-state index is 0.00109. The number of rotatable bonds is 14. The number of alkyl halides is 2. The van der Waals surface area contributed by atoms with Crippen LogP contribution in [0.4, 0.5) is 20.2 Å². The Morgan fingerprint density at radius 3 is 1.64 bits per heavy atom. The fraction of sp³-hybridized carbons (Fsp3) is 0.419. The molecule has 2 saturated heterocycles. The molecule has 5 heterocycles. The summed E-state index contributed by atoms with van der Waals surface area (Å²) in [7, 11) is -3.63. The molecule has 64 heavy (non-hydrogen) atoms. The summed E-state index contributed by atoms with van der Waals surface area (Å²) in [4.78, 5) is 24.7. The zero-order valence-electron chi connectivity index (χ0n) is 36.8. The SMILES string of the molecule is Cc1cccc(N(Cc2ccc(-c3nnc(C(F)F)o3)cn2)S(=O)(=O)N2CCN(C)[C@@H](C)C2)c1.Cc1cccc(N(Cc2ccc(C(=O)CN)cn2)S(=O)(=O)N2CCN(C)[C@@H](C)C2)c1. The van der Waals surface area contributed by atoms with E-state index >= 15 is 0 Å². The van der Waals surface area contributed by atoms with Crippen LogP contribution in [-0.4, -0.2) is 133 Å². The first-order valence-electron chi connectivity index (χ1n) is 20.7. The van der Waals surface area contributed by atoms with Gasteiger partial charge in [-0.3, -0.25) is 23.4 Å². The largest absolute Gasteiger partial charge is 0.415 e. The molecule has 0 spiro atoms. The average molecular weight is 924 g/mol. The molecule has 17 nitrogen and oxygen atoms in total. The van der Waals surface area contributed by atoms with Gasteiger partial charge in [0.25, 0.3) is 5.89 Å². The number of nitrogens with two attached hydrogens (primary N) is 1. The van der Waals surface area contributed by atoms with E-state index in [0.29, 0.717) is 73.2 Å². The molecule has 0 amide bonds. The molecule has 2 aliphatic heterocycles. The van der Waals surface area contributed by atoms with E-state index in [9.17, 15) is 30.4 Å². The summed E-state index contributed by atoms with van der Waals surface area (Å²) < 4.78 is 90.8. The van der Waals surface area contributed by atoms with E-state index in [0.717, 1.165) is 11.1 Å². The molecule has 2 fully saturated rings. The lowest BCUT2D eigenvalue weighted by molar-refractivity contribution is 0.100. The molecule has 0 bridgehead atoms. The van der Waals surface area contributed by atoms with Gasteiger partial charge in [-0.1, -0.05) is 24.3 Å². The van der Waals surface area contributed by atoms with Gasteiger partial charge in [0, 0.05) is 69.3 Å². The van der Waals surface area contributed by atoms with Crippen LogP contribution in [0.5, 0.6) is 0 Å². The van der Waals surface area contributed by atoms with Gasteiger partial charge >= 0.3 is 26.8 Å². The van der Waals surface area contributed by atoms with Crippen molar-refractivity contribution in [2.45, 2.75) is 59.3 Å². The second-order valence-electron chi connectivity index (χ2n) is 16.0. The highest BCUT2D eigenvalue weighted by Gasteiger charge is 2.36. The Balaban J connectivity index is 0.000000214. The van der Waals surface area contributed by atoms with Gasteiger partial charge in [0.15, 0.2) is 5.78 Å². The molecule has 7 rings (SSSR count). The maximum Gasteiger partial charge on any atom is 0.314 e. The molecule has 344 valence electrons. The number of nitrogens with zero attached hydrogens (tertiary/aromatic N) is 10. The number of carbonyl (C=O) groups excluding carboxylic acids is 1. The summed E-state index contributed by atoms with van der Waals surface area (Å²) in [6.45, 7) is 10.8. The van der Waals surface area contributed by atoms with E-state index in [1.54, 1.807) is 36.4 Å². The number of hydrogen-bond acceptors (Lipinski definition) is 13. The van der Waals surface area contributed by atoms with Crippen molar-refractivity contribution in [2.75, 3.05) is 68.5 Å². The third-order valence-corrected chi connectivity index (χ3v) is 15.0.